The molecule has 1 amide bonds. The molecule has 2 aromatic carbocycles. The average Bonchev–Trinajstić information content (AvgIpc) is 3.25. The molecule has 0 fully saturated rings. The molecule has 0 atom stereocenters. The van der Waals surface area contributed by atoms with Gasteiger partial charge in [-0.25, -0.2) is 8.42 Å². The smallest absolute Gasteiger partial charge is 0.291 e. The Labute approximate surface area is 154 Å². The average molecular weight is 379 g/mol. The lowest BCUT2D eigenvalue weighted by atomic mass is 10.2. The van der Waals surface area contributed by atoms with Crippen LogP contribution in [-0.4, -0.2) is 34.1 Å². The summed E-state index contributed by atoms with van der Waals surface area (Å²) in [5.41, 5.74) is 1.33. The van der Waals surface area contributed by atoms with Crippen molar-refractivity contribution in [3.05, 3.63) is 66.1 Å². The van der Waals surface area contributed by atoms with E-state index in [9.17, 15) is 13.2 Å². The van der Waals surface area contributed by atoms with Gasteiger partial charge in [-0.3, -0.25) is 9.36 Å². The van der Waals surface area contributed by atoms with Crippen LogP contribution in [-0.2, 0) is 10.0 Å². The number of aryl methyl sites for hydroxylation is 1. The van der Waals surface area contributed by atoms with Crippen LogP contribution in [0.2, 0.25) is 0 Å². The Hall–Kier alpha value is -3.46. The molecule has 8 nitrogen and oxygen atoms in total. The molecule has 0 radical (unpaired) electrons. The highest BCUT2D eigenvalue weighted by atomic mass is 32.2. The molecule has 0 saturated carbocycles. The number of sulfonamides is 1. The minimum atomic E-state index is -4.13. The lowest BCUT2D eigenvalue weighted by Crippen LogP contribution is -2.42. The fourth-order valence-electron chi connectivity index (χ4n) is 3.33. The van der Waals surface area contributed by atoms with Crippen LogP contribution in [0.5, 0.6) is 0 Å². The molecule has 0 saturated heterocycles. The third-order valence-electron chi connectivity index (χ3n) is 4.56. The molecule has 0 spiro atoms. The normalized spacial score (nSPS) is 14.8. The summed E-state index contributed by atoms with van der Waals surface area (Å²) in [4.78, 5) is 16.2. The van der Waals surface area contributed by atoms with Crippen molar-refractivity contribution in [1.29, 1.82) is 0 Å². The first-order valence-electron chi connectivity index (χ1n) is 8.17. The van der Waals surface area contributed by atoms with Gasteiger partial charge in [0, 0.05) is 10.9 Å². The molecule has 0 aliphatic carbocycles. The van der Waals surface area contributed by atoms with E-state index in [0.717, 1.165) is 10.9 Å². The van der Waals surface area contributed by atoms with Gasteiger partial charge in [0.2, 0.25) is 0 Å². The van der Waals surface area contributed by atoms with Gasteiger partial charge in [0.25, 0.3) is 21.9 Å². The fourth-order valence-corrected chi connectivity index (χ4v) is 4.85. The minimum Gasteiger partial charge on any atom is -0.350 e. The maximum absolute atomic E-state index is 13.2. The number of nitrogens with zero attached hydrogens (tertiary/aromatic N) is 4. The van der Waals surface area contributed by atoms with E-state index in [0.29, 0.717) is 15.8 Å². The van der Waals surface area contributed by atoms with E-state index < -0.39 is 15.9 Å². The zero-order valence-electron chi connectivity index (χ0n) is 14.1. The molecular weight excluding hydrogens is 366 g/mol. The van der Waals surface area contributed by atoms with Crippen molar-refractivity contribution in [3.63, 3.8) is 0 Å². The van der Waals surface area contributed by atoms with Crippen molar-refractivity contribution in [2.45, 2.75) is 11.8 Å². The Morgan fingerprint density at radius 2 is 1.78 bits per heavy atom. The molecule has 4 aromatic rings. The predicted molar refractivity (Wildman–Crippen MR) is 98.4 cm³/mol. The van der Waals surface area contributed by atoms with Crippen molar-refractivity contribution in [2.75, 3.05) is 4.31 Å². The maximum atomic E-state index is 13.2. The minimum absolute atomic E-state index is 0.0323. The number of H-pyrrole nitrogens is 1. The fraction of sp³-hybridized carbons (Fsp3) is 0.0556. The lowest BCUT2D eigenvalue weighted by molar-refractivity contribution is 0.0999. The van der Waals surface area contributed by atoms with E-state index in [4.69, 9.17) is 0 Å². The Balaban J connectivity index is 1.75. The highest BCUT2D eigenvalue weighted by molar-refractivity contribution is 7.93. The Kier molecular flexibility index (Phi) is 3.08. The number of nitrogens with one attached hydrogen (secondary N) is 1. The molecule has 134 valence electrons. The number of fused-ring (bicyclic) bond motifs is 4. The van der Waals surface area contributed by atoms with Gasteiger partial charge in [-0.1, -0.05) is 30.3 Å². The zero-order chi connectivity index (χ0) is 18.8. The van der Waals surface area contributed by atoms with Crippen LogP contribution in [0.3, 0.4) is 0 Å². The molecule has 0 bridgehead atoms. The summed E-state index contributed by atoms with van der Waals surface area (Å²) in [6, 6.07) is 15.4. The number of amides is 1. The summed E-state index contributed by atoms with van der Waals surface area (Å²) in [5.74, 6) is -0.272. The van der Waals surface area contributed by atoms with Crippen molar-refractivity contribution in [2.24, 2.45) is 0 Å². The lowest BCUT2D eigenvalue weighted by Gasteiger charge is -2.27. The first kappa shape index (κ1) is 15.8. The maximum Gasteiger partial charge on any atom is 0.291 e. The zero-order valence-corrected chi connectivity index (χ0v) is 14.9. The molecule has 27 heavy (non-hydrogen) atoms. The van der Waals surface area contributed by atoms with Crippen molar-refractivity contribution < 1.29 is 13.2 Å². The van der Waals surface area contributed by atoms with Crippen molar-refractivity contribution in [3.8, 4) is 5.69 Å². The van der Waals surface area contributed by atoms with Gasteiger partial charge < -0.3 is 4.98 Å². The monoisotopic (exact) mass is 379 g/mol. The van der Waals surface area contributed by atoms with Crippen LogP contribution in [0, 0.1) is 6.92 Å². The topological polar surface area (TPSA) is 101 Å². The summed E-state index contributed by atoms with van der Waals surface area (Å²) >= 11 is 0. The van der Waals surface area contributed by atoms with Crippen LogP contribution >= 0.6 is 0 Å². The predicted octanol–water partition coefficient (Wildman–Crippen LogP) is 2.41. The van der Waals surface area contributed by atoms with Crippen LogP contribution < -0.4 is 4.31 Å². The van der Waals surface area contributed by atoms with Crippen LogP contribution in [0.1, 0.15) is 16.3 Å². The van der Waals surface area contributed by atoms with Gasteiger partial charge in [-0.15, -0.1) is 10.2 Å². The highest BCUT2D eigenvalue weighted by Gasteiger charge is 2.42. The first-order valence-corrected chi connectivity index (χ1v) is 9.61. The number of hydrogen-bond donors (Lipinski definition) is 1. The van der Waals surface area contributed by atoms with E-state index in [1.807, 2.05) is 24.3 Å². The number of rotatable bonds is 1. The van der Waals surface area contributed by atoms with E-state index >= 15 is 0 Å². The molecular formula is C18H13N5O3S. The molecule has 5 rings (SSSR count). The number of benzene rings is 2. The highest BCUT2D eigenvalue weighted by Crippen LogP contribution is 2.36. The number of aromatic nitrogens is 4. The summed E-state index contributed by atoms with van der Waals surface area (Å²) in [7, 11) is -4.13. The first-order chi connectivity index (χ1) is 13.0. The third kappa shape index (κ3) is 2.08. The number of carbonyl (C=O) groups excluding carboxylic acids is 1. The van der Waals surface area contributed by atoms with E-state index in [1.165, 1.54) is 6.07 Å². The number of aromatic amines is 1. The molecule has 1 aliphatic rings. The number of para-hydroxylation sites is 2. The molecule has 0 unspecified atom stereocenters. The molecule has 1 N–H and O–H groups in total. The number of carbonyl (C=O) groups is 1. The van der Waals surface area contributed by atoms with Crippen LogP contribution in [0.25, 0.3) is 16.6 Å². The van der Waals surface area contributed by atoms with Gasteiger partial charge in [0.1, 0.15) is 16.4 Å². The van der Waals surface area contributed by atoms with E-state index in [1.54, 1.807) is 35.8 Å². The van der Waals surface area contributed by atoms with E-state index in [2.05, 4.69) is 15.2 Å². The van der Waals surface area contributed by atoms with Gasteiger partial charge in [0.05, 0.1) is 5.69 Å². The quantitative estimate of drug-likeness (QED) is 0.547. The molecule has 9 heteroatoms. The number of hydrogen-bond acceptors (Lipinski definition) is 5. The van der Waals surface area contributed by atoms with E-state index in [-0.39, 0.29) is 16.5 Å². The second-order valence-corrected chi connectivity index (χ2v) is 7.95. The Morgan fingerprint density at radius 1 is 1.04 bits per heavy atom. The second kappa shape index (κ2) is 5.27. The molecule has 1 aliphatic heterocycles. The van der Waals surface area contributed by atoms with Crippen molar-refractivity contribution in [1.82, 2.24) is 19.7 Å². The van der Waals surface area contributed by atoms with Gasteiger partial charge in [0.15, 0.2) is 0 Å². The van der Waals surface area contributed by atoms with Crippen molar-refractivity contribution >= 4 is 32.8 Å². The van der Waals surface area contributed by atoms with Gasteiger partial charge in [-0.2, -0.15) is 4.31 Å². The largest absolute Gasteiger partial charge is 0.350 e. The Bertz CT molecular complexity index is 1300. The third-order valence-corrected chi connectivity index (χ3v) is 6.27. The standard InChI is InChI=1S/C18H13N5O3S/c1-11-20-21-18-22(11)15-8-4-5-9-16(15)27(25,26)23(18)17(24)14-10-12-6-2-3-7-13(12)19-14/h2-10,19H,1H3. The SMILES string of the molecule is Cc1nnc2n1-c1ccccc1S(=O)(=O)N2C(=O)c1cc2ccccc2[nH]1. The van der Waals surface area contributed by atoms with Gasteiger partial charge in [-0.05, 0) is 31.2 Å². The van der Waals surface area contributed by atoms with Crippen LogP contribution in [0.15, 0.2) is 59.5 Å². The number of anilines is 1. The molecule has 2 aromatic heterocycles. The summed E-state index contributed by atoms with van der Waals surface area (Å²) in [6.07, 6.45) is 0. The second-order valence-electron chi connectivity index (χ2n) is 6.20. The summed E-state index contributed by atoms with van der Waals surface area (Å²) < 4.78 is 28.7. The Morgan fingerprint density at radius 3 is 2.59 bits per heavy atom. The summed E-state index contributed by atoms with van der Waals surface area (Å²) in [6.45, 7) is 1.71. The molecule has 3 heterocycles. The van der Waals surface area contributed by atoms with Crippen LogP contribution in [0.4, 0.5) is 5.95 Å². The summed E-state index contributed by atoms with van der Waals surface area (Å²) in [5, 5.41) is 8.75. The van der Waals surface area contributed by atoms with Gasteiger partial charge >= 0.3 is 0 Å².